The first-order valence-electron chi connectivity index (χ1n) is 15.3. The van der Waals surface area contributed by atoms with Crippen molar-refractivity contribution in [1.29, 1.82) is 0 Å². The van der Waals surface area contributed by atoms with Crippen molar-refractivity contribution in [1.82, 2.24) is 10.6 Å². The van der Waals surface area contributed by atoms with E-state index in [0.29, 0.717) is 12.3 Å². The van der Waals surface area contributed by atoms with Gasteiger partial charge in [-0.2, -0.15) is 0 Å². The molecule has 2 aromatic carbocycles. The summed E-state index contributed by atoms with van der Waals surface area (Å²) < 4.78 is 0. The summed E-state index contributed by atoms with van der Waals surface area (Å²) in [5.41, 5.74) is 5.99. The van der Waals surface area contributed by atoms with E-state index in [2.05, 4.69) is 78.3 Å². The SMILES string of the molecule is CCc1cc(NC2=CNC=CN2)cc2c(c1=Nc1ccc(C3CCCC(CC)CC3)cc1)C(=O)CCCCC=C2. The first kappa shape index (κ1) is 27.9. The molecule has 1 saturated carbocycles. The van der Waals surface area contributed by atoms with Crippen molar-refractivity contribution < 1.29 is 4.79 Å². The monoisotopic (exact) mass is 536 g/mol. The molecular weight excluding hydrogens is 492 g/mol. The number of carbonyl (C=O) groups excluding carboxylic acids is 1. The molecule has 0 aromatic heterocycles. The molecule has 0 radical (unpaired) electrons. The Morgan fingerprint density at radius 2 is 1.85 bits per heavy atom. The summed E-state index contributed by atoms with van der Waals surface area (Å²) in [5.74, 6) is 2.55. The molecule has 5 heteroatoms. The molecule has 1 aliphatic heterocycles. The third-order valence-electron chi connectivity index (χ3n) is 8.65. The normalized spacial score (nSPS) is 21.6. The summed E-state index contributed by atoms with van der Waals surface area (Å²) >= 11 is 0. The van der Waals surface area contributed by atoms with Gasteiger partial charge >= 0.3 is 0 Å². The minimum atomic E-state index is 0.178. The Kier molecular flexibility index (Phi) is 9.54. The Morgan fingerprint density at radius 1 is 0.975 bits per heavy atom. The topological polar surface area (TPSA) is 65.5 Å². The molecule has 2 aliphatic carbocycles. The fraction of sp³-hybridized carbons (Fsp3) is 0.429. The van der Waals surface area contributed by atoms with E-state index in [1.807, 2.05) is 18.6 Å². The van der Waals surface area contributed by atoms with E-state index in [1.54, 1.807) is 0 Å². The number of hydrogen-bond donors (Lipinski definition) is 3. The fourth-order valence-corrected chi connectivity index (χ4v) is 6.26. The van der Waals surface area contributed by atoms with E-state index in [1.165, 1.54) is 44.1 Å². The third kappa shape index (κ3) is 6.93. The third-order valence-corrected chi connectivity index (χ3v) is 8.65. The lowest BCUT2D eigenvalue weighted by Crippen LogP contribution is -2.20. The van der Waals surface area contributed by atoms with Gasteiger partial charge in [0, 0.05) is 30.7 Å². The van der Waals surface area contributed by atoms with E-state index >= 15 is 0 Å². The molecule has 0 amide bonds. The molecule has 1 heterocycles. The minimum absolute atomic E-state index is 0.178. The van der Waals surface area contributed by atoms with Gasteiger partial charge in [-0.05, 0) is 97.7 Å². The summed E-state index contributed by atoms with van der Waals surface area (Å²) in [6.45, 7) is 4.47. The van der Waals surface area contributed by atoms with Gasteiger partial charge in [0.25, 0.3) is 0 Å². The molecule has 5 rings (SSSR count). The van der Waals surface area contributed by atoms with Gasteiger partial charge in [-0.3, -0.25) is 4.79 Å². The molecule has 2 unspecified atom stereocenters. The molecule has 210 valence electrons. The number of nitrogens with one attached hydrogen (secondary N) is 3. The molecule has 0 bridgehead atoms. The second-order valence-electron chi connectivity index (χ2n) is 11.4. The van der Waals surface area contributed by atoms with Gasteiger partial charge in [0.1, 0.15) is 5.82 Å². The van der Waals surface area contributed by atoms with Crippen LogP contribution in [0.1, 0.15) is 111 Å². The van der Waals surface area contributed by atoms with Gasteiger partial charge in [0.15, 0.2) is 5.78 Å². The van der Waals surface area contributed by atoms with Gasteiger partial charge in [0.2, 0.25) is 0 Å². The van der Waals surface area contributed by atoms with Gasteiger partial charge in [-0.15, -0.1) is 0 Å². The average Bonchev–Trinajstić information content (AvgIpc) is 3.27. The largest absolute Gasteiger partial charge is 0.363 e. The van der Waals surface area contributed by atoms with Crippen LogP contribution in [-0.2, 0) is 6.42 Å². The van der Waals surface area contributed by atoms with Crippen LogP contribution < -0.4 is 21.3 Å². The van der Waals surface area contributed by atoms with Crippen molar-refractivity contribution in [2.24, 2.45) is 10.9 Å². The molecule has 2 aromatic rings. The lowest BCUT2D eigenvalue weighted by atomic mass is 9.91. The zero-order chi connectivity index (χ0) is 27.7. The van der Waals surface area contributed by atoms with Gasteiger partial charge in [0.05, 0.1) is 16.6 Å². The number of hydrogen-bond acceptors (Lipinski definition) is 5. The molecule has 40 heavy (non-hydrogen) atoms. The Morgan fingerprint density at radius 3 is 2.62 bits per heavy atom. The van der Waals surface area contributed by atoms with Crippen LogP contribution in [0.4, 0.5) is 11.4 Å². The lowest BCUT2D eigenvalue weighted by molar-refractivity contribution is 0.0978. The van der Waals surface area contributed by atoms with Gasteiger partial charge in [-0.25, -0.2) is 4.99 Å². The molecule has 3 N–H and O–H groups in total. The van der Waals surface area contributed by atoms with E-state index < -0.39 is 0 Å². The van der Waals surface area contributed by atoms with Crippen LogP contribution in [0.15, 0.2) is 71.9 Å². The number of benzene rings is 1. The van der Waals surface area contributed by atoms with Crippen LogP contribution >= 0.6 is 0 Å². The summed E-state index contributed by atoms with van der Waals surface area (Å²) in [5, 5.41) is 10.6. The Labute approximate surface area is 239 Å². The maximum absolute atomic E-state index is 13.7. The van der Waals surface area contributed by atoms with Crippen molar-refractivity contribution >= 4 is 23.2 Å². The number of fused-ring (bicyclic) bond motifs is 1. The van der Waals surface area contributed by atoms with Crippen molar-refractivity contribution in [2.75, 3.05) is 5.32 Å². The number of nitrogens with zero attached hydrogens (tertiary/aromatic N) is 1. The van der Waals surface area contributed by atoms with Crippen LogP contribution in [0.3, 0.4) is 0 Å². The number of allylic oxidation sites excluding steroid dienone is 1. The highest BCUT2D eigenvalue weighted by Crippen LogP contribution is 2.35. The van der Waals surface area contributed by atoms with Crippen LogP contribution in [-0.4, -0.2) is 5.78 Å². The zero-order valence-electron chi connectivity index (χ0n) is 24.1. The standard InChI is InChI=1S/C35H44N4O/c1-3-25-10-9-12-27(15-14-25)28-16-18-30(19-17-28)39-35-26(4-2)22-31(38-33-24-36-20-21-37-33)23-29-11-7-5-6-8-13-32(40)34(29)35/h7,11,16-25,27,36-38H,3-6,8-10,12-15H2,1-2H3. The first-order chi connectivity index (χ1) is 19.6. The van der Waals surface area contributed by atoms with Crippen LogP contribution in [0.5, 0.6) is 0 Å². The van der Waals surface area contributed by atoms with E-state index in [0.717, 1.165) is 70.8 Å². The highest BCUT2D eigenvalue weighted by atomic mass is 16.1. The highest BCUT2D eigenvalue weighted by molar-refractivity contribution is 5.99. The Balaban J connectivity index is 1.57. The van der Waals surface area contributed by atoms with E-state index in [9.17, 15) is 4.79 Å². The highest BCUT2D eigenvalue weighted by Gasteiger charge is 2.20. The van der Waals surface area contributed by atoms with Crippen LogP contribution in [0, 0.1) is 5.92 Å². The number of aryl methyl sites for hydroxylation is 1. The minimum Gasteiger partial charge on any atom is -0.363 e. The average molecular weight is 537 g/mol. The van der Waals surface area contributed by atoms with Gasteiger partial charge in [-0.1, -0.05) is 57.4 Å². The summed E-state index contributed by atoms with van der Waals surface area (Å²) in [4.78, 5) is 18.9. The summed E-state index contributed by atoms with van der Waals surface area (Å²) in [7, 11) is 0. The van der Waals surface area contributed by atoms with Crippen molar-refractivity contribution in [2.45, 2.75) is 90.4 Å². The van der Waals surface area contributed by atoms with Crippen molar-refractivity contribution in [3.63, 3.8) is 0 Å². The molecule has 0 spiro atoms. The smallest absolute Gasteiger partial charge is 0.165 e. The summed E-state index contributed by atoms with van der Waals surface area (Å²) in [6, 6.07) is 13.1. The lowest BCUT2D eigenvalue weighted by Gasteiger charge is -2.15. The molecule has 1 fully saturated rings. The van der Waals surface area contributed by atoms with E-state index in [4.69, 9.17) is 4.99 Å². The molecule has 5 nitrogen and oxygen atoms in total. The number of Topliss-reactive ketones (excluding diaryl/α,β-unsaturated/α-hetero) is 1. The number of rotatable bonds is 6. The molecule has 3 aliphatic rings. The predicted molar refractivity (Wildman–Crippen MR) is 166 cm³/mol. The second kappa shape index (κ2) is 13.6. The van der Waals surface area contributed by atoms with Crippen LogP contribution in [0.2, 0.25) is 0 Å². The zero-order valence-corrected chi connectivity index (χ0v) is 24.1. The van der Waals surface area contributed by atoms with Gasteiger partial charge < -0.3 is 16.0 Å². The summed E-state index contributed by atoms with van der Waals surface area (Å²) in [6.07, 6.45) is 22.0. The number of anilines is 1. The maximum Gasteiger partial charge on any atom is 0.165 e. The fourth-order valence-electron chi connectivity index (χ4n) is 6.26. The van der Waals surface area contributed by atoms with Crippen LogP contribution in [0.25, 0.3) is 6.08 Å². The maximum atomic E-state index is 13.7. The Bertz CT molecular complexity index is 1350. The number of carbonyl (C=O) groups is 1. The molecule has 0 saturated heterocycles. The predicted octanol–water partition coefficient (Wildman–Crippen LogP) is 8.20. The second-order valence-corrected chi connectivity index (χ2v) is 11.4. The Hall–Kier alpha value is -3.60. The van der Waals surface area contributed by atoms with Crippen molar-refractivity contribution in [3.05, 3.63) is 94.5 Å². The van der Waals surface area contributed by atoms with E-state index in [-0.39, 0.29) is 5.78 Å². The first-order valence-corrected chi connectivity index (χ1v) is 15.3. The quantitative estimate of drug-likeness (QED) is 0.326. The molecular formula is C35H44N4O. The van der Waals surface area contributed by atoms with Crippen molar-refractivity contribution in [3.8, 4) is 0 Å². The number of ketones is 1. The molecule has 2 atom stereocenters.